The van der Waals surface area contributed by atoms with Crippen LogP contribution in [0.5, 0.6) is 0 Å². The van der Waals surface area contributed by atoms with Crippen molar-refractivity contribution in [2.24, 2.45) is 0 Å². The average molecular weight is 414 g/mol. The molecule has 0 bridgehead atoms. The molecule has 2 aliphatic rings. The van der Waals surface area contributed by atoms with E-state index >= 15 is 0 Å². The Morgan fingerprint density at radius 2 is 1.16 bits per heavy atom. The molecule has 2 heterocycles. The van der Waals surface area contributed by atoms with Gasteiger partial charge in [-0.2, -0.15) is 0 Å². The Morgan fingerprint density at radius 1 is 0.677 bits per heavy atom. The molecule has 4 nitrogen and oxygen atoms in total. The van der Waals surface area contributed by atoms with Crippen LogP contribution in [-0.2, 0) is 14.3 Å². The smallest absolute Gasteiger partial charge is 0.344 e. The first-order chi connectivity index (χ1) is 14.6. The van der Waals surface area contributed by atoms with E-state index in [9.17, 15) is 9.59 Å². The first-order valence-corrected chi connectivity index (χ1v) is 10.4. The van der Waals surface area contributed by atoms with Gasteiger partial charge in [-0.25, -0.2) is 4.79 Å². The Labute approximate surface area is 183 Å². The standard InChI is InChI=1S/C27H27NO3/c1-14-8-16(3)24(17(4)9-14)22-12-20(26(29)28(22)7)21-13-23(31-27(21)30)25-18(5)10-15(2)11-19(25)6/h8-13H,1-7H3/b21-20+. The maximum absolute atomic E-state index is 13.1. The molecule has 2 aliphatic heterocycles. The van der Waals surface area contributed by atoms with Crippen molar-refractivity contribution in [1.82, 2.24) is 4.90 Å². The number of nitrogens with zero attached hydrogens (tertiary/aromatic N) is 1. The predicted molar refractivity (Wildman–Crippen MR) is 123 cm³/mol. The van der Waals surface area contributed by atoms with Gasteiger partial charge in [-0.3, -0.25) is 4.79 Å². The van der Waals surface area contributed by atoms with E-state index in [1.54, 1.807) is 18.0 Å². The van der Waals surface area contributed by atoms with Crippen LogP contribution in [0.2, 0.25) is 0 Å². The largest absolute Gasteiger partial charge is 0.422 e. The molecule has 0 N–H and O–H groups in total. The second-order valence-corrected chi connectivity index (χ2v) is 8.67. The van der Waals surface area contributed by atoms with Crippen LogP contribution in [0.15, 0.2) is 47.6 Å². The van der Waals surface area contributed by atoms with Gasteiger partial charge in [-0.15, -0.1) is 0 Å². The van der Waals surface area contributed by atoms with Crippen LogP contribution in [0, 0.1) is 41.5 Å². The van der Waals surface area contributed by atoms with Gasteiger partial charge < -0.3 is 9.64 Å². The Kier molecular flexibility index (Phi) is 4.97. The highest BCUT2D eigenvalue weighted by Gasteiger charge is 2.35. The topological polar surface area (TPSA) is 46.6 Å². The molecule has 0 saturated carbocycles. The van der Waals surface area contributed by atoms with Crippen LogP contribution in [0.25, 0.3) is 11.5 Å². The number of benzene rings is 2. The highest BCUT2D eigenvalue weighted by Crippen LogP contribution is 2.38. The summed E-state index contributed by atoms with van der Waals surface area (Å²) in [6.07, 6.45) is 3.53. The number of aryl methyl sites for hydroxylation is 6. The van der Waals surface area contributed by atoms with Gasteiger partial charge in [0.25, 0.3) is 5.91 Å². The molecule has 4 heteroatoms. The maximum Gasteiger partial charge on any atom is 0.344 e. The molecule has 158 valence electrons. The highest BCUT2D eigenvalue weighted by atomic mass is 16.5. The number of esters is 1. The minimum atomic E-state index is -0.485. The lowest BCUT2D eigenvalue weighted by atomic mass is 9.96. The molecule has 0 aromatic heterocycles. The van der Waals surface area contributed by atoms with Crippen LogP contribution < -0.4 is 0 Å². The lowest BCUT2D eigenvalue weighted by Gasteiger charge is -2.19. The molecule has 31 heavy (non-hydrogen) atoms. The van der Waals surface area contributed by atoms with Gasteiger partial charge in [-0.05, 0) is 75.9 Å². The van der Waals surface area contributed by atoms with Crippen LogP contribution in [0.1, 0.15) is 44.5 Å². The normalized spacial score (nSPS) is 18.5. The van der Waals surface area contributed by atoms with Crippen molar-refractivity contribution in [3.8, 4) is 0 Å². The summed E-state index contributed by atoms with van der Waals surface area (Å²) in [6, 6.07) is 8.35. The minimum Gasteiger partial charge on any atom is -0.422 e. The summed E-state index contributed by atoms with van der Waals surface area (Å²) in [4.78, 5) is 27.5. The van der Waals surface area contributed by atoms with Crippen LogP contribution in [0.4, 0.5) is 0 Å². The minimum absolute atomic E-state index is 0.198. The van der Waals surface area contributed by atoms with E-state index in [0.717, 1.165) is 44.6 Å². The zero-order chi connectivity index (χ0) is 22.6. The Hall–Kier alpha value is -3.40. The SMILES string of the molecule is Cc1cc(C)c(C2=C/C(=C3/C=C(c4c(C)cc(C)cc4C)N(C)C3=O)C(=O)O2)c(C)c1. The fourth-order valence-electron chi connectivity index (χ4n) is 4.86. The summed E-state index contributed by atoms with van der Waals surface area (Å²) in [5.74, 6) is -0.181. The van der Waals surface area contributed by atoms with Crippen LogP contribution >= 0.6 is 0 Å². The van der Waals surface area contributed by atoms with Crippen LogP contribution in [0.3, 0.4) is 0 Å². The third kappa shape index (κ3) is 3.42. The Morgan fingerprint density at radius 3 is 1.68 bits per heavy atom. The fourth-order valence-corrected chi connectivity index (χ4v) is 4.86. The number of carbonyl (C=O) groups excluding carboxylic acids is 2. The molecule has 0 atom stereocenters. The van der Waals surface area contributed by atoms with Gasteiger partial charge in [0.15, 0.2) is 0 Å². The van der Waals surface area contributed by atoms with Crippen molar-refractivity contribution in [3.63, 3.8) is 0 Å². The molecule has 4 rings (SSSR count). The summed E-state index contributed by atoms with van der Waals surface area (Å²) in [7, 11) is 1.75. The average Bonchev–Trinajstić information content (AvgIpc) is 3.15. The maximum atomic E-state index is 13.1. The predicted octanol–water partition coefficient (Wildman–Crippen LogP) is 5.24. The number of rotatable bonds is 2. The summed E-state index contributed by atoms with van der Waals surface area (Å²) in [6.45, 7) is 12.2. The van der Waals surface area contributed by atoms with Crippen molar-refractivity contribution in [2.45, 2.75) is 41.5 Å². The van der Waals surface area contributed by atoms with Gasteiger partial charge in [0.05, 0.1) is 16.8 Å². The van der Waals surface area contributed by atoms with Crippen molar-refractivity contribution in [1.29, 1.82) is 0 Å². The summed E-state index contributed by atoms with van der Waals surface area (Å²) >= 11 is 0. The fraction of sp³-hybridized carbons (Fsp3) is 0.259. The summed E-state index contributed by atoms with van der Waals surface area (Å²) in [5, 5.41) is 0. The van der Waals surface area contributed by atoms with Crippen molar-refractivity contribution in [2.75, 3.05) is 7.05 Å². The lowest BCUT2D eigenvalue weighted by molar-refractivity contribution is -0.131. The van der Waals surface area contributed by atoms with Crippen molar-refractivity contribution < 1.29 is 14.3 Å². The van der Waals surface area contributed by atoms with Gasteiger partial charge in [0.2, 0.25) is 0 Å². The van der Waals surface area contributed by atoms with E-state index in [1.807, 2.05) is 40.7 Å². The first kappa shape index (κ1) is 20.9. The molecule has 0 unspecified atom stereocenters. The molecule has 2 aromatic rings. The number of amides is 1. The summed E-state index contributed by atoms with van der Waals surface area (Å²) < 4.78 is 5.63. The third-order valence-electron chi connectivity index (χ3n) is 6.02. The number of carbonyl (C=O) groups is 2. The molecule has 0 spiro atoms. The third-order valence-corrected chi connectivity index (χ3v) is 6.02. The number of hydrogen-bond donors (Lipinski definition) is 0. The van der Waals surface area contributed by atoms with Gasteiger partial charge in [0.1, 0.15) is 5.76 Å². The van der Waals surface area contributed by atoms with E-state index in [-0.39, 0.29) is 5.91 Å². The highest BCUT2D eigenvalue weighted by molar-refractivity contribution is 6.16. The van der Waals surface area contributed by atoms with E-state index in [0.29, 0.717) is 16.9 Å². The van der Waals surface area contributed by atoms with Crippen LogP contribution in [-0.4, -0.2) is 23.8 Å². The van der Waals surface area contributed by atoms with Crippen molar-refractivity contribution in [3.05, 3.63) is 92.1 Å². The second kappa shape index (κ2) is 7.38. The van der Waals surface area contributed by atoms with Gasteiger partial charge in [-0.1, -0.05) is 35.4 Å². The Bertz CT molecular complexity index is 1210. The molecule has 0 saturated heterocycles. The zero-order valence-electron chi connectivity index (χ0n) is 19.1. The first-order valence-electron chi connectivity index (χ1n) is 10.4. The van der Waals surface area contributed by atoms with Crippen molar-refractivity contribution >= 4 is 23.3 Å². The summed E-state index contributed by atoms with van der Waals surface area (Å²) in [5.41, 5.74) is 10.0. The van der Waals surface area contributed by atoms with E-state index in [4.69, 9.17) is 4.74 Å². The molecule has 0 aliphatic carbocycles. The quantitative estimate of drug-likeness (QED) is 0.499. The molecule has 0 radical (unpaired) electrons. The van der Waals surface area contributed by atoms with Gasteiger partial charge in [0, 0.05) is 18.2 Å². The number of likely N-dealkylation sites (N-methyl/N-ethyl adjacent to an activating group) is 1. The molecular weight excluding hydrogens is 386 g/mol. The van der Waals surface area contributed by atoms with Gasteiger partial charge >= 0.3 is 5.97 Å². The monoisotopic (exact) mass is 413 g/mol. The van der Waals surface area contributed by atoms with E-state index in [1.165, 1.54) is 5.56 Å². The molecule has 1 amide bonds. The second-order valence-electron chi connectivity index (χ2n) is 8.67. The molecule has 2 aromatic carbocycles. The van der Waals surface area contributed by atoms with E-state index < -0.39 is 5.97 Å². The number of hydrogen-bond acceptors (Lipinski definition) is 3. The lowest BCUT2D eigenvalue weighted by Crippen LogP contribution is -2.22. The number of ether oxygens (including phenoxy) is 1. The van der Waals surface area contributed by atoms with E-state index in [2.05, 4.69) is 31.2 Å². The zero-order valence-corrected chi connectivity index (χ0v) is 19.1. The molecule has 0 fully saturated rings. The number of cyclic esters (lactones) is 1. The Balaban J connectivity index is 1.86. The molecular formula is C27H27NO3.